The van der Waals surface area contributed by atoms with Crippen molar-refractivity contribution in [3.8, 4) is 28.7 Å². The molecule has 1 aliphatic rings. The van der Waals surface area contributed by atoms with Crippen molar-refractivity contribution in [2.75, 3.05) is 21.0 Å². The fourth-order valence-electron chi connectivity index (χ4n) is 3.02. The first-order valence-electron chi connectivity index (χ1n) is 9.16. The van der Waals surface area contributed by atoms with E-state index in [2.05, 4.69) is 0 Å². The summed E-state index contributed by atoms with van der Waals surface area (Å²) >= 11 is 0. The summed E-state index contributed by atoms with van der Waals surface area (Å²) in [5, 5.41) is 10.8. The highest BCUT2D eigenvalue weighted by molar-refractivity contribution is 6.11. The van der Waals surface area contributed by atoms with Crippen molar-refractivity contribution in [1.29, 1.82) is 0 Å². The van der Waals surface area contributed by atoms with Crippen molar-refractivity contribution in [3.63, 3.8) is 0 Å². The molecule has 0 aromatic heterocycles. The molecular formula is C23H24O6. The molecule has 3 rings (SSSR count). The largest absolute Gasteiger partial charge is 0.507 e. The number of ketones is 1. The lowest BCUT2D eigenvalue weighted by Gasteiger charge is -2.15. The molecule has 0 unspecified atom stereocenters. The fraction of sp³-hybridized carbons (Fsp3) is 0.261. The third kappa shape index (κ3) is 4.37. The second-order valence-electron chi connectivity index (χ2n) is 6.78. The monoisotopic (exact) mass is 396 g/mol. The van der Waals surface area contributed by atoms with Gasteiger partial charge in [-0.1, -0.05) is 23.8 Å². The summed E-state index contributed by atoms with van der Waals surface area (Å²) in [6.07, 6.45) is 5.45. The van der Waals surface area contributed by atoms with Crippen LogP contribution in [0.25, 0.3) is 6.08 Å². The van der Waals surface area contributed by atoms with E-state index in [0.717, 1.165) is 11.1 Å². The average molecular weight is 396 g/mol. The number of methoxy groups -OCH3 is 2. The number of rotatable bonds is 7. The van der Waals surface area contributed by atoms with Crippen LogP contribution in [0.2, 0.25) is 0 Å². The Balaban J connectivity index is 1.96. The van der Waals surface area contributed by atoms with Gasteiger partial charge in [-0.3, -0.25) is 4.79 Å². The number of carbonyl (C=O) groups is 1. The van der Waals surface area contributed by atoms with Crippen LogP contribution in [0.3, 0.4) is 0 Å². The number of aromatic hydroxyl groups is 1. The third-order valence-electron chi connectivity index (χ3n) is 4.55. The Morgan fingerprint density at radius 3 is 2.52 bits per heavy atom. The SMILES string of the molecule is COc1cc(OC)c(C(=O)C=Cc2ccc3c(c2)OCO3)c(O)c1CC=C(C)C. The molecular weight excluding hydrogens is 372 g/mol. The van der Waals surface area contributed by atoms with Gasteiger partial charge in [0.15, 0.2) is 17.3 Å². The van der Waals surface area contributed by atoms with Crippen LogP contribution in [0.15, 0.2) is 42.0 Å². The van der Waals surface area contributed by atoms with E-state index in [1.807, 2.05) is 26.0 Å². The lowest BCUT2D eigenvalue weighted by atomic mass is 9.99. The molecule has 0 radical (unpaired) electrons. The molecule has 6 nitrogen and oxygen atoms in total. The predicted octanol–water partition coefficient (Wildman–Crippen LogP) is 4.54. The smallest absolute Gasteiger partial charge is 0.231 e. The summed E-state index contributed by atoms with van der Waals surface area (Å²) in [6.45, 7) is 4.12. The van der Waals surface area contributed by atoms with Gasteiger partial charge in [0.25, 0.3) is 0 Å². The second kappa shape index (κ2) is 8.73. The number of fused-ring (bicyclic) bond motifs is 1. The van der Waals surface area contributed by atoms with Gasteiger partial charge < -0.3 is 24.1 Å². The first-order valence-corrected chi connectivity index (χ1v) is 9.16. The minimum atomic E-state index is -0.377. The van der Waals surface area contributed by atoms with Gasteiger partial charge in [0.1, 0.15) is 22.8 Å². The number of hydrogen-bond donors (Lipinski definition) is 1. The molecule has 0 atom stereocenters. The molecule has 0 saturated heterocycles. The number of ether oxygens (including phenoxy) is 4. The number of hydrogen-bond acceptors (Lipinski definition) is 6. The highest BCUT2D eigenvalue weighted by Crippen LogP contribution is 2.40. The topological polar surface area (TPSA) is 74.2 Å². The Hall–Kier alpha value is -3.41. The zero-order valence-corrected chi connectivity index (χ0v) is 16.9. The number of allylic oxidation sites excluding steroid dienone is 3. The van der Waals surface area contributed by atoms with Crippen LogP contribution in [0.1, 0.15) is 35.3 Å². The second-order valence-corrected chi connectivity index (χ2v) is 6.78. The van der Waals surface area contributed by atoms with Gasteiger partial charge in [0, 0.05) is 11.6 Å². The molecule has 29 heavy (non-hydrogen) atoms. The lowest BCUT2D eigenvalue weighted by molar-refractivity contribution is 0.104. The molecule has 2 aromatic rings. The van der Waals surface area contributed by atoms with Gasteiger partial charge >= 0.3 is 0 Å². The van der Waals surface area contributed by atoms with Crippen LogP contribution in [-0.4, -0.2) is 31.9 Å². The molecule has 0 bridgehead atoms. The molecule has 0 amide bonds. The zero-order valence-electron chi connectivity index (χ0n) is 16.9. The Labute approximate surface area is 170 Å². The van der Waals surface area contributed by atoms with Gasteiger partial charge in [-0.25, -0.2) is 0 Å². The molecule has 6 heteroatoms. The van der Waals surface area contributed by atoms with E-state index in [0.29, 0.717) is 29.2 Å². The maximum atomic E-state index is 12.9. The van der Waals surface area contributed by atoms with E-state index in [-0.39, 0.29) is 29.6 Å². The van der Waals surface area contributed by atoms with E-state index in [9.17, 15) is 9.90 Å². The van der Waals surface area contributed by atoms with Crippen LogP contribution >= 0.6 is 0 Å². The molecule has 0 spiro atoms. The minimum Gasteiger partial charge on any atom is -0.507 e. The Bertz CT molecular complexity index is 983. The summed E-state index contributed by atoms with van der Waals surface area (Å²) < 4.78 is 21.4. The average Bonchev–Trinajstić information content (AvgIpc) is 3.18. The molecule has 1 N–H and O–H groups in total. The highest BCUT2D eigenvalue weighted by Gasteiger charge is 2.22. The summed E-state index contributed by atoms with van der Waals surface area (Å²) in [7, 11) is 2.96. The Kier molecular flexibility index (Phi) is 6.12. The van der Waals surface area contributed by atoms with Crippen molar-refractivity contribution >= 4 is 11.9 Å². The van der Waals surface area contributed by atoms with Crippen LogP contribution in [0, 0.1) is 0 Å². The number of phenolic OH excluding ortho intramolecular Hbond substituents is 1. The summed E-state index contributed by atoms with van der Waals surface area (Å²) in [5.41, 5.74) is 2.51. The molecule has 152 valence electrons. The molecule has 0 saturated carbocycles. The summed E-state index contributed by atoms with van der Waals surface area (Å²) in [6, 6.07) is 7.02. The number of carbonyl (C=O) groups excluding carboxylic acids is 1. The van der Waals surface area contributed by atoms with E-state index in [1.54, 1.807) is 24.3 Å². The quantitative estimate of drug-likeness (QED) is 0.421. The third-order valence-corrected chi connectivity index (χ3v) is 4.55. The minimum absolute atomic E-state index is 0.0995. The summed E-state index contributed by atoms with van der Waals surface area (Å²) in [4.78, 5) is 12.9. The molecule has 0 fully saturated rings. The van der Waals surface area contributed by atoms with Gasteiger partial charge in [-0.05, 0) is 44.0 Å². The van der Waals surface area contributed by atoms with Crippen LogP contribution in [-0.2, 0) is 6.42 Å². The molecule has 1 aliphatic heterocycles. The van der Waals surface area contributed by atoms with Gasteiger partial charge in [-0.15, -0.1) is 0 Å². The standard InChI is InChI=1S/C23H24O6/c1-14(2)5-8-16-19(26-3)12-21(27-4)22(23(16)25)17(24)9-6-15-7-10-18-20(11-15)29-13-28-18/h5-7,9-12,25H,8,13H2,1-4H3. The van der Waals surface area contributed by atoms with Crippen LogP contribution in [0.5, 0.6) is 28.7 Å². The molecule has 2 aromatic carbocycles. The van der Waals surface area contributed by atoms with Crippen molar-refractivity contribution in [3.05, 3.63) is 58.7 Å². The fourth-order valence-corrected chi connectivity index (χ4v) is 3.02. The number of benzene rings is 2. The Morgan fingerprint density at radius 1 is 1.10 bits per heavy atom. The van der Waals surface area contributed by atoms with E-state index in [1.165, 1.54) is 20.3 Å². The first kappa shape index (κ1) is 20.3. The van der Waals surface area contributed by atoms with Crippen molar-refractivity contribution < 1.29 is 28.8 Å². The lowest BCUT2D eigenvalue weighted by Crippen LogP contribution is -2.04. The van der Waals surface area contributed by atoms with Crippen molar-refractivity contribution in [1.82, 2.24) is 0 Å². The van der Waals surface area contributed by atoms with E-state index < -0.39 is 0 Å². The van der Waals surface area contributed by atoms with E-state index >= 15 is 0 Å². The van der Waals surface area contributed by atoms with Crippen molar-refractivity contribution in [2.45, 2.75) is 20.3 Å². The first-order chi connectivity index (χ1) is 13.9. The van der Waals surface area contributed by atoms with Crippen LogP contribution in [0.4, 0.5) is 0 Å². The normalized spacial score (nSPS) is 12.1. The van der Waals surface area contributed by atoms with Gasteiger partial charge in [0.2, 0.25) is 6.79 Å². The van der Waals surface area contributed by atoms with Gasteiger partial charge in [0.05, 0.1) is 14.2 Å². The van der Waals surface area contributed by atoms with Gasteiger partial charge in [-0.2, -0.15) is 0 Å². The molecule has 1 heterocycles. The van der Waals surface area contributed by atoms with Crippen LogP contribution < -0.4 is 18.9 Å². The maximum absolute atomic E-state index is 12.9. The van der Waals surface area contributed by atoms with E-state index in [4.69, 9.17) is 18.9 Å². The molecule has 0 aliphatic carbocycles. The zero-order chi connectivity index (χ0) is 21.0. The summed E-state index contributed by atoms with van der Waals surface area (Å²) in [5.74, 6) is 1.51. The highest BCUT2D eigenvalue weighted by atomic mass is 16.7. The Morgan fingerprint density at radius 2 is 1.83 bits per heavy atom. The predicted molar refractivity (Wildman–Crippen MR) is 110 cm³/mol. The maximum Gasteiger partial charge on any atom is 0.231 e. The van der Waals surface area contributed by atoms with Crippen molar-refractivity contribution in [2.24, 2.45) is 0 Å². The number of phenols is 1.